The average Bonchev–Trinajstić information content (AvgIpc) is 2.16. The van der Waals surface area contributed by atoms with Gasteiger partial charge in [-0.05, 0) is 37.7 Å². The van der Waals surface area contributed by atoms with Crippen LogP contribution in [0.25, 0.3) is 0 Å². The second-order valence-corrected chi connectivity index (χ2v) is 4.01. The summed E-state index contributed by atoms with van der Waals surface area (Å²) in [7, 11) is 0. The monoisotopic (exact) mass is 206 g/mol. The van der Waals surface area contributed by atoms with Crippen molar-refractivity contribution < 1.29 is 9.90 Å². The molecule has 1 atom stereocenters. The van der Waals surface area contributed by atoms with Crippen LogP contribution in [0, 0.1) is 6.92 Å². The van der Waals surface area contributed by atoms with E-state index < -0.39 is 5.97 Å². The molecule has 0 spiro atoms. The van der Waals surface area contributed by atoms with Gasteiger partial charge in [-0.25, -0.2) is 9.97 Å². The molecule has 2 rings (SSSR count). The van der Waals surface area contributed by atoms with Crippen LogP contribution in [-0.4, -0.2) is 21.0 Å². The van der Waals surface area contributed by atoms with Gasteiger partial charge in [-0.2, -0.15) is 0 Å². The largest absolute Gasteiger partial charge is 0.481 e. The molecule has 1 aromatic heterocycles. The first-order valence-electron chi connectivity index (χ1n) is 5.21. The number of aromatic nitrogens is 2. The Hall–Kier alpha value is -1.45. The minimum absolute atomic E-state index is 0.104. The van der Waals surface area contributed by atoms with Gasteiger partial charge in [-0.3, -0.25) is 4.79 Å². The summed E-state index contributed by atoms with van der Waals surface area (Å²) in [6, 6.07) is 0. The van der Waals surface area contributed by atoms with E-state index in [0.29, 0.717) is 0 Å². The molecule has 15 heavy (non-hydrogen) atoms. The van der Waals surface area contributed by atoms with Crippen LogP contribution in [0.3, 0.4) is 0 Å². The highest BCUT2D eigenvalue weighted by Gasteiger charge is 2.23. The molecular weight excluding hydrogens is 192 g/mol. The molecule has 1 N–H and O–H groups in total. The Kier molecular flexibility index (Phi) is 2.66. The summed E-state index contributed by atoms with van der Waals surface area (Å²) in [6.45, 7) is 1.86. The van der Waals surface area contributed by atoms with E-state index >= 15 is 0 Å². The summed E-state index contributed by atoms with van der Waals surface area (Å²) in [5.41, 5.74) is 2.08. The van der Waals surface area contributed by atoms with Crippen LogP contribution in [0.1, 0.15) is 42.3 Å². The number of carboxylic acids is 1. The highest BCUT2D eigenvalue weighted by Crippen LogP contribution is 2.32. The lowest BCUT2D eigenvalue weighted by Crippen LogP contribution is -2.15. The standard InChI is InChI=1S/C11H14N2O2/c1-7-12-6-9-8(5-11(14)15)3-2-4-10(9)13-7/h6,8H,2-5H2,1H3,(H,14,15). The first-order valence-corrected chi connectivity index (χ1v) is 5.21. The maximum absolute atomic E-state index is 10.7. The van der Waals surface area contributed by atoms with Crippen LogP contribution >= 0.6 is 0 Å². The average molecular weight is 206 g/mol. The molecule has 1 heterocycles. The van der Waals surface area contributed by atoms with Crippen molar-refractivity contribution in [3.05, 3.63) is 23.3 Å². The Labute approximate surface area is 88.4 Å². The Morgan fingerprint density at radius 2 is 2.47 bits per heavy atom. The number of hydrogen-bond donors (Lipinski definition) is 1. The summed E-state index contributed by atoms with van der Waals surface area (Å²) in [5, 5.41) is 8.81. The normalized spacial score (nSPS) is 19.7. The maximum Gasteiger partial charge on any atom is 0.303 e. The number of fused-ring (bicyclic) bond motifs is 1. The number of aliphatic carboxylic acids is 1. The molecule has 1 unspecified atom stereocenters. The fourth-order valence-electron chi connectivity index (χ4n) is 2.16. The molecule has 4 nitrogen and oxygen atoms in total. The summed E-state index contributed by atoms with van der Waals surface area (Å²) in [5.74, 6) is 0.130. The van der Waals surface area contributed by atoms with E-state index in [1.165, 1.54) is 0 Å². The van der Waals surface area contributed by atoms with Crippen molar-refractivity contribution in [2.45, 2.75) is 38.5 Å². The Bertz CT molecular complexity index is 390. The van der Waals surface area contributed by atoms with Gasteiger partial charge in [0.2, 0.25) is 0 Å². The zero-order chi connectivity index (χ0) is 10.8. The van der Waals surface area contributed by atoms with Gasteiger partial charge in [-0.15, -0.1) is 0 Å². The smallest absolute Gasteiger partial charge is 0.303 e. The number of carboxylic acid groups (broad SMARTS) is 1. The van der Waals surface area contributed by atoms with Gasteiger partial charge in [-0.1, -0.05) is 0 Å². The predicted molar refractivity (Wildman–Crippen MR) is 54.7 cm³/mol. The first-order chi connectivity index (χ1) is 7.16. The van der Waals surface area contributed by atoms with Crippen molar-refractivity contribution in [1.82, 2.24) is 9.97 Å². The van der Waals surface area contributed by atoms with Crippen LogP contribution < -0.4 is 0 Å². The number of hydrogen-bond acceptors (Lipinski definition) is 3. The molecule has 0 saturated carbocycles. The van der Waals surface area contributed by atoms with Gasteiger partial charge in [0.1, 0.15) is 5.82 Å². The van der Waals surface area contributed by atoms with Gasteiger partial charge < -0.3 is 5.11 Å². The lowest BCUT2D eigenvalue weighted by atomic mass is 9.84. The van der Waals surface area contributed by atoms with Crippen molar-refractivity contribution in [1.29, 1.82) is 0 Å². The summed E-state index contributed by atoms with van der Waals surface area (Å²) in [4.78, 5) is 19.2. The zero-order valence-corrected chi connectivity index (χ0v) is 8.73. The van der Waals surface area contributed by atoms with Crippen molar-refractivity contribution in [2.24, 2.45) is 0 Å². The van der Waals surface area contributed by atoms with Gasteiger partial charge in [0.15, 0.2) is 0 Å². The van der Waals surface area contributed by atoms with E-state index in [-0.39, 0.29) is 12.3 Å². The molecule has 0 saturated heterocycles. The number of rotatable bonds is 2. The molecule has 1 aliphatic carbocycles. The van der Waals surface area contributed by atoms with E-state index in [1.54, 1.807) is 6.20 Å². The van der Waals surface area contributed by atoms with Crippen molar-refractivity contribution in [3.63, 3.8) is 0 Å². The van der Waals surface area contributed by atoms with Gasteiger partial charge in [0, 0.05) is 11.9 Å². The first kappa shape index (κ1) is 10.1. The lowest BCUT2D eigenvalue weighted by molar-refractivity contribution is -0.137. The summed E-state index contributed by atoms with van der Waals surface area (Å²) >= 11 is 0. The number of aryl methyl sites for hydroxylation is 2. The van der Waals surface area contributed by atoms with Crippen LogP contribution in [0.15, 0.2) is 6.20 Å². The quantitative estimate of drug-likeness (QED) is 0.799. The molecule has 80 valence electrons. The van der Waals surface area contributed by atoms with E-state index in [1.807, 2.05) is 6.92 Å². The van der Waals surface area contributed by atoms with Crippen molar-refractivity contribution in [3.8, 4) is 0 Å². The van der Waals surface area contributed by atoms with E-state index in [4.69, 9.17) is 5.11 Å². The minimum Gasteiger partial charge on any atom is -0.481 e. The molecule has 0 fully saturated rings. The molecule has 0 aliphatic heterocycles. The van der Waals surface area contributed by atoms with Crippen LogP contribution in [-0.2, 0) is 11.2 Å². The number of nitrogens with zero attached hydrogens (tertiary/aromatic N) is 2. The summed E-state index contributed by atoms with van der Waals surface area (Å²) < 4.78 is 0. The molecule has 0 aromatic carbocycles. The van der Waals surface area contributed by atoms with E-state index in [9.17, 15) is 4.79 Å². The Morgan fingerprint density at radius 3 is 3.20 bits per heavy atom. The minimum atomic E-state index is -0.742. The van der Waals surface area contributed by atoms with Crippen LogP contribution in [0.4, 0.5) is 0 Å². The van der Waals surface area contributed by atoms with Crippen LogP contribution in [0.5, 0.6) is 0 Å². The van der Waals surface area contributed by atoms with Gasteiger partial charge >= 0.3 is 5.97 Å². The van der Waals surface area contributed by atoms with Crippen molar-refractivity contribution >= 4 is 5.97 Å². The molecule has 4 heteroatoms. The molecule has 0 bridgehead atoms. The zero-order valence-electron chi connectivity index (χ0n) is 8.73. The molecular formula is C11H14N2O2. The molecule has 1 aliphatic rings. The number of carbonyl (C=O) groups is 1. The molecule has 0 amide bonds. The topological polar surface area (TPSA) is 63.1 Å². The fourth-order valence-corrected chi connectivity index (χ4v) is 2.16. The fraction of sp³-hybridized carbons (Fsp3) is 0.545. The summed E-state index contributed by atoms with van der Waals surface area (Å²) in [6.07, 6.45) is 4.91. The highest BCUT2D eigenvalue weighted by molar-refractivity contribution is 5.68. The Morgan fingerprint density at radius 1 is 1.67 bits per heavy atom. The van der Waals surface area contributed by atoms with E-state index in [2.05, 4.69) is 9.97 Å². The third kappa shape index (κ3) is 2.14. The highest BCUT2D eigenvalue weighted by atomic mass is 16.4. The second-order valence-electron chi connectivity index (χ2n) is 4.01. The van der Waals surface area contributed by atoms with E-state index in [0.717, 1.165) is 36.3 Å². The van der Waals surface area contributed by atoms with Gasteiger partial charge in [0.25, 0.3) is 0 Å². The maximum atomic E-state index is 10.7. The lowest BCUT2D eigenvalue weighted by Gasteiger charge is -2.22. The van der Waals surface area contributed by atoms with Crippen LogP contribution in [0.2, 0.25) is 0 Å². The Balaban J connectivity index is 2.30. The molecule has 1 aromatic rings. The second kappa shape index (κ2) is 3.96. The van der Waals surface area contributed by atoms with Crippen molar-refractivity contribution in [2.75, 3.05) is 0 Å². The third-order valence-corrected chi connectivity index (χ3v) is 2.85. The predicted octanol–water partition coefficient (Wildman–Crippen LogP) is 1.68. The molecule has 0 radical (unpaired) electrons. The SMILES string of the molecule is Cc1ncc2c(n1)CCCC2CC(=O)O. The third-order valence-electron chi connectivity index (χ3n) is 2.85. The van der Waals surface area contributed by atoms with Gasteiger partial charge in [0.05, 0.1) is 6.42 Å².